The molecule has 1 unspecified atom stereocenters. The average molecular weight is 278 g/mol. The SMILES string of the molecule is CSC1=NN(N)C(c2ccccc2)C(=O)N1C(C)=O. The van der Waals surface area contributed by atoms with Crippen LogP contribution >= 0.6 is 11.8 Å². The van der Waals surface area contributed by atoms with Gasteiger partial charge in [0.15, 0.2) is 11.2 Å². The molecule has 1 aromatic rings. The lowest BCUT2D eigenvalue weighted by molar-refractivity contribution is -0.143. The van der Waals surface area contributed by atoms with Crippen molar-refractivity contribution in [3.63, 3.8) is 0 Å². The summed E-state index contributed by atoms with van der Waals surface area (Å²) in [5.41, 5.74) is 0.699. The Morgan fingerprint density at radius 1 is 1.37 bits per heavy atom. The molecule has 2 amide bonds. The highest BCUT2D eigenvalue weighted by atomic mass is 32.2. The summed E-state index contributed by atoms with van der Waals surface area (Å²) >= 11 is 1.20. The Labute approximate surface area is 115 Å². The van der Waals surface area contributed by atoms with Crippen LogP contribution in [0.25, 0.3) is 0 Å². The summed E-state index contributed by atoms with van der Waals surface area (Å²) in [5.74, 6) is 5.05. The fraction of sp³-hybridized carbons (Fsp3) is 0.250. The van der Waals surface area contributed by atoms with Crippen LogP contribution in [0.2, 0.25) is 0 Å². The van der Waals surface area contributed by atoms with E-state index >= 15 is 0 Å². The number of hydrogen-bond donors (Lipinski definition) is 1. The molecule has 100 valence electrons. The first-order valence-electron chi connectivity index (χ1n) is 5.62. The number of carbonyl (C=O) groups is 2. The lowest BCUT2D eigenvalue weighted by Gasteiger charge is -2.34. The Kier molecular flexibility index (Phi) is 3.87. The maximum atomic E-state index is 12.4. The summed E-state index contributed by atoms with van der Waals surface area (Å²) in [6.07, 6.45) is 1.73. The largest absolute Gasteiger partial charge is 0.274 e. The number of nitrogens with zero attached hydrogens (tertiary/aromatic N) is 3. The van der Waals surface area contributed by atoms with Gasteiger partial charge in [-0.25, -0.2) is 15.9 Å². The van der Waals surface area contributed by atoms with Crippen molar-refractivity contribution in [1.29, 1.82) is 0 Å². The molecular formula is C12H14N4O2S. The van der Waals surface area contributed by atoms with E-state index in [1.165, 1.54) is 18.7 Å². The first kappa shape index (κ1) is 13.6. The molecule has 0 aromatic heterocycles. The van der Waals surface area contributed by atoms with Gasteiger partial charge < -0.3 is 0 Å². The highest BCUT2D eigenvalue weighted by Gasteiger charge is 2.38. The van der Waals surface area contributed by atoms with E-state index in [-0.39, 0.29) is 17.0 Å². The average Bonchev–Trinajstić information content (AvgIpc) is 2.38. The molecule has 1 atom stereocenters. The topological polar surface area (TPSA) is 79.0 Å². The zero-order chi connectivity index (χ0) is 14.0. The van der Waals surface area contributed by atoms with E-state index in [2.05, 4.69) is 5.10 Å². The van der Waals surface area contributed by atoms with Gasteiger partial charge in [-0.1, -0.05) is 42.1 Å². The zero-order valence-corrected chi connectivity index (χ0v) is 11.4. The Balaban J connectivity index is 2.45. The molecule has 0 bridgehead atoms. The van der Waals surface area contributed by atoms with Crippen molar-refractivity contribution in [2.24, 2.45) is 10.9 Å². The summed E-state index contributed by atoms with van der Waals surface area (Å²) in [6, 6.07) is 8.24. The molecule has 2 N–H and O–H groups in total. The van der Waals surface area contributed by atoms with Gasteiger partial charge in [-0.2, -0.15) is 0 Å². The van der Waals surface area contributed by atoms with Crippen LogP contribution in [-0.4, -0.2) is 33.3 Å². The highest BCUT2D eigenvalue weighted by Crippen LogP contribution is 2.27. The number of carbonyl (C=O) groups excluding carboxylic acids is 2. The molecule has 0 saturated heterocycles. The Bertz CT molecular complexity index is 532. The van der Waals surface area contributed by atoms with E-state index in [1.54, 1.807) is 18.4 Å². The third-order valence-corrected chi connectivity index (χ3v) is 3.35. The number of hydrogen-bond acceptors (Lipinski definition) is 6. The van der Waals surface area contributed by atoms with Crippen molar-refractivity contribution in [2.45, 2.75) is 13.0 Å². The third kappa shape index (κ3) is 2.47. The molecule has 7 heteroatoms. The maximum Gasteiger partial charge on any atom is 0.266 e. The van der Waals surface area contributed by atoms with E-state index in [9.17, 15) is 9.59 Å². The first-order valence-corrected chi connectivity index (χ1v) is 6.84. The predicted octanol–water partition coefficient (Wildman–Crippen LogP) is 0.926. The summed E-state index contributed by atoms with van der Waals surface area (Å²) < 4.78 is 0. The summed E-state index contributed by atoms with van der Waals surface area (Å²) in [4.78, 5) is 25.1. The van der Waals surface area contributed by atoms with Crippen molar-refractivity contribution < 1.29 is 9.59 Å². The van der Waals surface area contributed by atoms with Gasteiger partial charge in [-0.3, -0.25) is 9.59 Å². The van der Waals surface area contributed by atoms with E-state index < -0.39 is 6.04 Å². The zero-order valence-electron chi connectivity index (χ0n) is 10.6. The lowest BCUT2D eigenvalue weighted by atomic mass is 10.1. The monoisotopic (exact) mass is 278 g/mol. The van der Waals surface area contributed by atoms with Crippen molar-refractivity contribution >= 4 is 28.7 Å². The minimum atomic E-state index is -0.777. The number of thioether (sulfide) groups is 1. The quantitative estimate of drug-likeness (QED) is 0.773. The number of amidine groups is 1. The number of rotatable bonds is 1. The van der Waals surface area contributed by atoms with Gasteiger partial charge in [0.05, 0.1) is 0 Å². The van der Waals surface area contributed by atoms with Crippen LogP contribution in [0.15, 0.2) is 35.4 Å². The second-order valence-corrected chi connectivity index (χ2v) is 4.75. The molecular weight excluding hydrogens is 264 g/mol. The fourth-order valence-corrected chi connectivity index (χ4v) is 2.46. The molecule has 0 fully saturated rings. The molecule has 19 heavy (non-hydrogen) atoms. The third-order valence-electron chi connectivity index (χ3n) is 2.72. The van der Waals surface area contributed by atoms with Crippen molar-refractivity contribution in [1.82, 2.24) is 10.0 Å². The summed E-state index contributed by atoms with van der Waals surface area (Å²) in [5, 5.41) is 5.47. The van der Waals surface area contributed by atoms with Gasteiger partial charge >= 0.3 is 0 Å². The molecule has 0 aliphatic carbocycles. The molecule has 1 aliphatic heterocycles. The summed E-state index contributed by atoms with van der Waals surface area (Å²) in [7, 11) is 0. The number of benzene rings is 1. The summed E-state index contributed by atoms with van der Waals surface area (Å²) in [6.45, 7) is 1.33. The Hall–Kier alpha value is -1.86. The second kappa shape index (κ2) is 5.41. The standard InChI is InChI=1S/C12H14N4O2S/c1-8(17)15-11(18)10(9-6-4-3-5-7-9)16(13)14-12(15)19-2/h3-7,10H,13H2,1-2H3. The molecule has 0 radical (unpaired) electrons. The van der Waals surface area contributed by atoms with Crippen molar-refractivity contribution in [3.8, 4) is 0 Å². The maximum absolute atomic E-state index is 12.4. The molecule has 0 spiro atoms. The van der Waals surface area contributed by atoms with E-state index in [0.29, 0.717) is 5.56 Å². The number of imide groups is 1. The fourth-order valence-electron chi connectivity index (χ4n) is 1.88. The molecule has 1 aliphatic rings. The first-order chi connectivity index (χ1) is 9.06. The molecule has 0 saturated carbocycles. The van der Waals surface area contributed by atoms with Crippen LogP contribution in [0.5, 0.6) is 0 Å². The molecule has 6 nitrogen and oxygen atoms in total. The van der Waals surface area contributed by atoms with Crippen LogP contribution in [0.3, 0.4) is 0 Å². The Morgan fingerprint density at radius 3 is 2.53 bits per heavy atom. The van der Waals surface area contributed by atoms with Gasteiger partial charge in [-0.15, -0.1) is 5.10 Å². The van der Waals surface area contributed by atoms with Gasteiger partial charge in [0.25, 0.3) is 5.91 Å². The number of hydrazone groups is 1. The van der Waals surface area contributed by atoms with Gasteiger partial charge in [0.1, 0.15) is 0 Å². The predicted molar refractivity (Wildman–Crippen MR) is 73.7 cm³/mol. The Morgan fingerprint density at radius 2 is 2.00 bits per heavy atom. The number of nitrogens with two attached hydrogens (primary N) is 1. The van der Waals surface area contributed by atoms with E-state index in [4.69, 9.17) is 5.84 Å². The molecule has 1 heterocycles. The van der Waals surface area contributed by atoms with Crippen LogP contribution in [0.1, 0.15) is 18.5 Å². The van der Waals surface area contributed by atoms with Crippen molar-refractivity contribution in [3.05, 3.63) is 35.9 Å². The van der Waals surface area contributed by atoms with Crippen molar-refractivity contribution in [2.75, 3.05) is 6.26 Å². The van der Waals surface area contributed by atoms with Gasteiger partial charge in [0.2, 0.25) is 5.91 Å². The van der Waals surface area contributed by atoms with Crippen LogP contribution < -0.4 is 5.84 Å². The minimum Gasteiger partial charge on any atom is -0.274 e. The van der Waals surface area contributed by atoms with Gasteiger partial charge in [-0.05, 0) is 11.8 Å². The van der Waals surface area contributed by atoms with Crippen LogP contribution in [0.4, 0.5) is 0 Å². The van der Waals surface area contributed by atoms with E-state index in [1.807, 2.05) is 18.2 Å². The number of amides is 2. The number of hydrazine groups is 1. The smallest absolute Gasteiger partial charge is 0.266 e. The minimum absolute atomic E-state index is 0.284. The normalized spacial score (nSPS) is 19.4. The van der Waals surface area contributed by atoms with E-state index in [0.717, 1.165) is 10.0 Å². The van der Waals surface area contributed by atoms with Crippen LogP contribution in [0, 0.1) is 0 Å². The highest BCUT2D eigenvalue weighted by molar-refractivity contribution is 8.13. The second-order valence-electron chi connectivity index (χ2n) is 3.97. The van der Waals surface area contributed by atoms with Gasteiger partial charge in [0, 0.05) is 6.92 Å². The lowest BCUT2D eigenvalue weighted by Crippen LogP contribution is -2.52. The molecule has 1 aromatic carbocycles. The molecule has 2 rings (SSSR count). The van der Waals surface area contributed by atoms with Crippen LogP contribution in [-0.2, 0) is 9.59 Å².